The van der Waals surface area contributed by atoms with Crippen molar-refractivity contribution in [2.75, 3.05) is 39.9 Å². The Morgan fingerprint density at radius 2 is 2.00 bits per heavy atom. The zero-order valence-corrected chi connectivity index (χ0v) is 12.9. The Morgan fingerprint density at radius 3 is 2.53 bits per heavy atom. The molecule has 0 fully saturated rings. The number of hydrogen-bond acceptors (Lipinski definition) is 4. The van der Waals surface area contributed by atoms with Crippen LogP contribution in [-0.4, -0.2) is 61.4 Å². The second-order valence-corrected chi connectivity index (χ2v) is 5.12. The van der Waals surface area contributed by atoms with Gasteiger partial charge in [-0.2, -0.15) is 0 Å². The molecule has 0 aliphatic rings. The molecule has 0 aliphatic carbocycles. The van der Waals surface area contributed by atoms with Gasteiger partial charge in [-0.05, 0) is 53.2 Å². The number of ether oxygens (including phenoxy) is 1. The lowest BCUT2D eigenvalue weighted by atomic mass is 9.95. The van der Waals surface area contributed by atoms with E-state index in [1.54, 1.807) is 6.92 Å². The first kappa shape index (κ1) is 18.4. The van der Waals surface area contributed by atoms with E-state index in [1.807, 2.05) is 13.8 Å². The third kappa shape index (κ3) is 8.18. The number of carboxylic acids is 1. The van der Waals surface area contributed by atoms with Crippen molar-refractivity contribution in [3.8, 4) is 0 Å². The summed E-state index contributed by atoms with van der Waals surface area (Å²) in [5.74, 6) is -0.765. The monoisotopic (exact) mass is 274 g/mol. The zero-order chi connectivity index (χ0) is 14.7. The Labute approximate surface area is 117 Å². The van der Waals surface area contributed by atoms with E-state index < -0.39 is 11.5 Å². The standard InChI is InChI=1S/C14H30N2O3/c1-5-15-14(3,13(17)18)9-7-8-10-16(4)11-12-19-6-2/h15H,5-12H2,1-4H3,(H,17,18). The Bertz CT molecular complexity index is 249. The topological polar surface area (TPSA) is 61.8 Å². The van der Waals surface area contributed by atoms with Gasteiger partial charge in [0.1, 0.15) is 5.54 Å². The fourth-order valence-electron chi connectivity index (χ4n) is 2.00. The fourth-order valence-corrected chi connectivity index (χ4v) is 2.00. The number of carboxylic acid groups (broad SMARTS) is 1. The summed E-state index contributed by atoms with van der Waals surface area (Å²) in [6, 6.07) is 0. The molecular formula is C14H30N2O3. The second-order valence-electron chi connectivity index (χ2n) is 5.12. The minimum Gasteiger partial charge on any atom is -0.480 e. The summed E-state index contributed by atoms with van der Waals surface area (Å²) in [6.07, 6.45) is 2.58. The average molecular weight is 274 g/mol. The molecule has 1 atom stereocenters. The van der Waals surface area contributed by atoms with E-state index in [0.29, 0.717) is 13.0 Å². The number of likely N-dealkylation sites (N-methyl/N-ethyl adjacent to an activating group) is 2. The molecule has 5 nitrogen and oxygen atoms in total. The summed E-state index contributed by atoms with van der Waals surface area (Å²) in [7, 11) is 2.07. The molecule has 0 amide bonds. The molecule has 1 unspecified atom stereocenters. The van der Waals surface area contributed by atoms with Crippen LogP contribution in [0.3, 0.4) is 0 Å². The number of aliphatic carboxylic acids is 1. The van der Waals surface area contributed by atoms with Crippen LogP contribution in [0.15, 0.2) is 0 Å². The molecule has 5 heteroatoms. The molecule has 0 bridgehead atoms. The first-order chi connectivity index (χ1) is 8.96. The number of rotatable bonds is 12. The molecule has 0 saturated heterocycles. The molecule has 2 N–H and O–H groups in total. The van der Waals surface area contributed by atoms with Gasteiger partial charge in [0.05, 0.1) is 6.61 Å². The Balaban J connectivity index is 3.79. The largest absolute Gasteiger partial charge is 0.480 e. The van der Waals surface area contributed by atoms with Crippen molar-refractivity contribution in [3.63, 3.8) is 0 Å². The lowest BCUT2D eigenvalue weighted by Gasteiger charge is -2.26. The molecular weight excluding hydrogens is 244 g/mol. The molecule has 0 aromatic rings. The van der Waals surface area contributed by atoms with Gasteiger partial charge in [0.25, 0.3) is 0 Å². The number of hydrogen-bond donors (Lipinski definition) is 2. The number of nitrogens with zero attached hydrogens (tertiary/aromatic N) is 1. The zero-order valence-electron chi connectivity index (χ0n) is 12.9. The summed E-state index contributed by atoms with van der Waals surface area (Å²) in [5, 5.41) is 12.3. The maximum Gasteiger partial charge on any atom is 0.323 e. The van der Waals surface area contributed by atoms with E-state index >= 15 is 0 Å². The Morgan fingerprint density at radius 1 is 1.32 bits per heavy atom. The minimum absolute atomic E-state index is 0.662. The minimum atomic E-state index is -0.793. The quantitative estimate of drug-likeness (QED) is 0.529. The van der Waals surface area contributed by atoms with Crippen LogP contribution in [0.25, 0.3) is 0 Å². The highest BCUT2D eigenvalue weighted by Gasteiger charge is 2.30. The summed E-state index contributed by atoms with van der Waals surface area (Å²) < 4.78 is 5.30. The first-order valence-corrected chi connectivity index (χ1v) is 7.21. The Kier molecular flexibility index (Phi) is 9.83. The Hall–Kier alpha value is -0.650. The van der Waals surface area contributed by atoms with Crippen LogP contribution < -0.4 is 5.32 Å². The van der Waals surface area contributed by atoms with Crippen LogP contribution in [0.1, 0.15) is 40.0 Å². The van der Waals surface area contributed by atoms with Crippen LogP contribution >= 0.6 is 0 Å². The van der Waals surface area contributed by atoms with Gasteiger partial charge in [0.15, 0.2) is 0 Å². The van der Waals surface area contributed by atoms with Crippen molar-refractivity contribution in [3.05, 3.63) is 0 Å². The predicted octanol–water partition coefficient (Wildman–Crippen LogP) is 1.58. The van der Waals surface area contributed by atoms with Gasteiger partial charge in [-0.25, -0.2) is 0 Å². The van der Waals surface area contributed by atoms with Crippen molar-refractivity contribution in [2.24, 2.45) is 0 Å². The smallest absolute Gasteiger partial charge is 0.323 e. The van der Waals surface area contributed by atoms with Gasteiger partial charge in [0, 0.05) is 13.2 Å². The second kappa shape index (κ2) is 10.2. The molecule has 0 aliphatic heterocycles. The maximum absolute atomic E-state index is 11.2. The summed E-state index contributed by atoms with van der Waals surface area (Å²) in [5.41, 5.74) is -0.793. The van der Waals surface area contributed by atoms with Crippen molar-refractivity contribution in [2.45, 2.75) is 45.6 Å². The molecule has 0 heterocycles. The molecule has 114 valence electrons. The van der Waals surface area contributed by atoms with E-state index in [4.69, 9.17) is 4.74 Å². The number of carbonyl (C=O) groups is 1. The van der Waals surface area contributed by atoms with Gasteiger partial charge in [-0.3, -0.25) is 4.79 Å². The first-order valence-electron chi connectivity index (χ1n) is 7.21. The summed E-state index contributed by atoms with van der Waals surface area (Å²) in [4.78, 5) is 13.4. The van der Waals surface area contributed by atoms with Crippen molar-refractivity contribution >= 4 is 5.97 Å². The van der Waals surface area contributed by atoms with Gasteiger partial charge in [-0.15, -0.1) is 0 Å². The molecule has 0 rings (SSSR count). The normalized spacial score (nSPS) is 14.6. The highest BCUT2D eigenvalue weighted by molar-refractivity contribution is 5.78. The van der Waals surface area contributed by atoms with Crippen LogP contribution in [0, 0.1) is 0 Å². The van der Waals surface area contributed by atoms with Crippen LogP contribution in [0.2, 0.25) is 0 Å². The van der Waals surface area contributed by atoms with Gasteiger partial charge < -0.3 is 20.1 Å². The molecule has 19 heavy (non-hydrogen) atoms. The fraction of sp³-hybridized carbons (Fsp3) is 0.929. The molecule has 0 spiro atoms. The SMILES string of the molecule is CCNC(C)(CCCCN(C)CCOCC)C(=O)O. The lowest BCUT2D eigenvalue weighted by Crippen LogP contribution is -2.49. The molecule has 0 aromatic heterocycles. The summed E-state index contributed by atoms with van der Waals surface area (Å²) >= 11 is 0. The van der Waals surface area contributed by atoms with Crippen molar-refractivity contribution < 1.29 is 14.6 Å². The van der Waals surface area contributed by atoms with E-state index in [2.05, 4.69) is 17.3 Å². The third-order valence-electron chi connectivity index (χ3n) is 3.33. The average Bonchev–Trinajstić information content (AvgIpc) is 2.35. The van der Waals surface area contributed by atoms with E-state index in [0.717, 1.165) is 39.1 Å². The highest BCUT2D eigenvalue weighted by atomic mass is 16.5. The number of unbranched alkanes of at least 4 members (excludes halogenated alkanes) is 1. The van der Waals surface area contributed by atoms with E-state index in [9.17, 15) is 9.90 Å². The molecule has 0 aromatic carbocycles. The lowest BCUT2D eigenvalue weighted by molar-refractivity contribution is -0.144. The predicted molar refractivity (Wildman–Crippen MR) is 77.6 cm³/mol. The van der Waals surface area contributed by atoms with Crippen LogP contribution in [0.4, 0.5) is 0 Å². The van der Waals surface area contributed by atoms with Crippen LogP contribution in [-0.2, 0) is 9.53 Å². The van der Waals surface area contributed by atoms with Gasteiger partial charge in [0.2, 0.25) is 0 Å². The highest BCUT2D eigenvalue weighted by Crippen LogP contribution is 2.14. The van der Waals surface area contributed by atoms with Crippen LogP contribution in [0.5, 0.6) is 0 Å². The number of nitrogens with one attached hydrogen (secondary N) is 1. The third-order valence-corrected chi connectivity index (χ3v) is 3.33. The van der Waals surface area contributed by atoms with Crippen molar-refractivity contribution in [1.82, 2.24) is 10.2 Å². The molecule has 0 saturated carbocycles. The van der Waals surface area contributed by atoms with Gasteiger partial charge in [-0.1, -0.05) is 6.92 Å². The molecule has 0 radical (unpaired) electrons. The van der Waals surface area contributed by atoms with Gasteiger partial charge >= 0.3 is 5.97 Å². The van der Waals surface area contributed by atoms with E-state index in [1.165, 1.54) is 0 Å². The summed E-state index contributed by atoms with van der Waals surface area (Å²) in [6.45, 7) is 9.79. The maximum atomic E-state index is 11.2. The van der Waals surface area contributed by atoms with Crippen molar-refractivity contribution in [1.29, 1.82) is 0 Å². The van der Waals surface area contributed by atoms with E-state index in [-0.39, 0.29) is 0 Å².